The van der Waals surface area contributed by atoms with Crippen molar-refractivity contribution in [2.45, 2.75) is 49.1 Å². The van der Waals surface area contributed by atoms with E-state index in [2.05, 4.69) is 65.0 Å². The van der Waals surface area contributed by atoms with Crippen LogP contribution in [0.3, 0.4) is 0 Å². The molecule has 24 heteroatoms. The number of aliphatic hydroxyl groups excluding tert-OH is 4. The molecule has 20 nitrogen and oxygen atoms in total. The van der Waals surface area contributed by atoms with Crippen molar-refractivity contribution in [1.29, 1.82) is 0 Å². The second kappa shape index (κ2) is 15.4. The van der Waals surface area contributed by atoms with Crippen molar-refractivity contribution >= 4 is 72.9 Å². The summed E-state index contributed by atoms with van der Waals surface area (Å²) in [5.41, 5.74) is 1.53. The summed E-state index contributed by atoms with van der Waals surface area (Å²) in [5, 5.41) is 46.9. The number of hydrogen-bond acceptors (Lipinski definition) is 18. The van der Waals surface area contributed by atoms with Crippen LogP contribution in [-0.2, 0) is 27.7 Å². The average Bonchev–Trinajstić information content (AvgIpc) is 3.83. The van der Waals surface area contributed by atoms with Gasteiger partial charge in [-0.15, -0.1) is 0 Å². The summed E-state index contributed by atoms with van der Waals surface area (Å²) in [6.07, 6.45) is 0.673. The molecular weight excluding hydrogens is 714 g/mol. The number of rotatable bonds is 14. The lowest BCUT2D eigenvalue weighted by atomic mass is 10.1. The summed E-state index contributed by atoms with van der Waals surface area (Å²) in [6.45, 7) is -0.224. The van der Waals surface area contributed by atoms with Gasteiger partial charge in [0.05, 0.1) is 25.9 Å². The van der Waals surface area contributed by atoms with Gasteiger partial charge in [0.15, 0.2) is 46.4 Å². The Morgan fingerprint density at radius 3 is 1.77 bits per heavy atom. The molecule has 260 valence electrons. The van der Waals surface area contributed by atoms with Crippen LogP contribution in [0.4, 0.5) is 11.6 Å². The van der Waals surface area contributed by atoms with Gasteiger partial charge < -0.3 is 49.6 Å². The van der Waals surface area contributed by atoms with E-state index in [1.54, 1.807) is 0 Å². The molecule has 6 rings (SSSR count). The SMILES string of the molecule is O=[PH](S)OC1[C@H](n2cnc3c(NC/C=C/CNc4ncnc5c4ncn5C4O[C@H](CO)[C@@H](O[PH](=O)S)[C@H]4O)ncnc32)O[C@H](CO)[C@H]1O. The molecule has 2 saturated heterocycles. The number of aliphatic hydroxyl groups is 4. The molecule has 4 aromatic heterocycles. The number of thiol groups is 2. The number of hydrogen-bond donors (Lipinski definition) is 8. The molecule has 0 aromatic carbocycles. The minimum atomic E-state index is -2.74. The first-order valence-corrected chi connectivity index (χ1v) is 19.6. The molecule has 0 radical (unpaired) electrons. The molecule has 6 heterocycles. The van der Waals surface area contributed by atoms with Gasteiger partial charge in [-0.3, -0.25) is 18.3 Å². The van der Waals surface area contributed by atoms with Crippen LogP contribution in [-0.4, -0.2) is 122 Å². The lowest BCUT2D eigenvalue weighted by Crippen LogP contribution is -2.34. The third-order valence-electron chi connectivity index (χ3n) is 7.66. The molecule has 0 saturated carbocycles. The summed E-state index contributed by atoms with van der Waals surface area (Å²) in [4.78, 5) is 25.8. The van der Waals surface area contributed by atoms with Crippen molar-refractivity contribution in [2.24, 2.45) is 0 Å². The maximum absolute atomic E-state index is 11.7. The third-order valence-corrected chi connectivity index (χ3v) is 9.24. The maximum Gasteiger partial charge on any atom is 0.243 e. The predicted octanol–water partition coefficient (Wildman–Crippen LogP) is -0.0432. The van der Waals surface area contributed by atoms with Crippen LogP contribution in [0.25, 0.3) is 22.3 Å². The van der Waals surface area contributed by atoms with Crippen LogP contribution in [0.2, 0.25) is 0 Å². The molecule has 0 aliphatic carbocycles. The first-order valence-electron chi connectivity index (χ1n) is 14.4. The largest absolute Gasteiger partial charge is 0.394 e. The van der Waals surface area contributed by atoms with Gasteiger partial charge in [0, 0.05) is 13.1 Å². The highest BCUT2D eigenvalue weighted by atomic mass is 32.7. The van der Waals surface area contributed by atoms with E-state index in [1.807, 2.05) is 12.2 Å². The summed E-state index contributed by atoms with van der Waals surface area (Å²) in [5.74, 6) is 0.845. The fourth-order valence-corrected chi connectivity index (χ4v) is 7.25. The van der Waals surface area contributed by atoms with Gasteiger partial charge in [-0.05, 0) is 0 Å². The summed E-state index contributed by atoms with van der Waals surface area (Å²) >= 11 is 7.59. The molecule has 0 amide bonds. The minimum absolute atomic E-state index is 0.354. The van der Waals surface area contributed by atoms with E-state index in [4.69, 9.17) is 18.5 Å². The van der Waals surface area contributed by atoms with Crippen LogP contribution in [0.15, 0.2) is 37.5 Å². The molecule has 0 spiro atoms. The molecule has 2 fully saturated rings. The Bertz CT molecular complexity index is 1820. The Morgan fingerprint density at radius 2 is 1.25 bits per heavy atom. The first-order chi connectivity index (χ1) is 23.2. The van der Waals surface area contributed by atoms with Crippen LogP contribution < -0.4 is 10.6 Å². The molecule has 0 bridgehead atoms. The fourth-order valence-electron chi connectivity index (χ4n) is 5.51. The van der Waals surface area contributed by atoms with Gasteiger partial charge in [0.25, 0.3) is 0 Å². The summed E-state index contributed by atoms with van der Waals surface area (Å²) in [6, 6.07) is 0. The lowest BCUT2D eigenvalue weighted by molar-refractivity contribution is -0.0502. The highest BCUT2D eigenvalue weighted by molar-refractivity contribution is 8.39. The van der Waals surface area contributed by atoms with E-state index >= 15 is 0 Å². The van der Waals surface area contributed by atoms with Crippen LogP contribution >= 0.6 is 39.0 Å². The number of aromatic nitrogens is 8. The minimum Gasteiger partial charge on any atom is -0.394 e. The maximum atomic E-state index is 11.7. The third kappa shape index (κ3) is 7.11. The molecule has 2 aliphatic rings. The topological polar surface area (TPSA) is 263 Å². The Morgan fingerprint density at radius 1 is 0.750 bits per heavy atom. The Balaban J connectivity index is 1.08. The predicted molar refractivity (Wildman–Crippen MR) is 176 cm³/mol. The quantitative estimate of drug-likeness (QED) is 0.0478. The highest BCUT2D eigenvalue weighted by Crippen LogP contribution is 2.42. The van der Waals surface area contributed by atoms with Gasteiger partial charge in [-0.1, -0.05) is 36.6 Å². The van der Waals surface area contributed by atoms with E-state index in [1.165, 1.54) is 34.4 Å². The standard InChI is InChI=1S/C24H32N10O10P2S2/c35-5-11-15(37)18(44-46(40)48)24(41-11)34-10-32-14-20(28-8-30-22(14)34)26-4-2-1-3-25-19-13-21(29-7-27-19)33(9-31-13)23-16(38)17(43-45(39)47)12(6-36)42-23/h1-2,7-12,15-18,23-24,35-38,45-46H,3-6H2,(H,39,47)(H,40,48)(H,25,27,29)(H,26,28,30)/b2-1+/t11-,12-,15-,16-,17-,18?,23?,24-/m1/s1. The summed E-state index contributed by atoms with van der Waals surface area (Å²) < 4.78 is 48.3. The molecule has 4 unspecified atom stereocenters. The van der Waals surface area contributed by atoms with E-state index in [-0.39, 0.29) is 0 Å². The molecule has 4 aromatic rings. The lowest BCUT2D eigenvalue weighted by Gasteiger charge is -2.20. The molecule has 2 aliphatic heterocycles. The Kier molecular flexibility index (Phi) is 11.3. The van der Waals surface area contributed by atoms with Gasteiger partial charge in [-0.25, -0.2) is 29.9 Å². The fraction of sp³-hybridized carbons (Fsp3) is 0.500. The molecular formula is C24H32N10O10P2S2. The van der Waals surface area contributed by atoms with E-state index in [0.29, 0.717) is 47.1 Å². The van der Waals surface area contributed by atoms with Crippen LogP contribution in [0, 0.1) is 0 Å². The number of nitrogens with one attached hydrogen (secondary N) is 2. The van der Waals surface area contributed by atoms with E-state index in [9.17, 15) is 29.6 Å². The zero-order chi connectivity index (χ0) is 33.9. The number of ether oxygens (including phenoxy) is 2. The van der Waals surface area contributed by atoms with Crippen molar-refractivity contribution in [3.63, 3.8) is 0 Å². The second-order valence-electron chi connectivity index (χ2n) is 10.5. The van der Waals surface area contributed by atoms with Crippen molar-refractivity contribution in [3.8, 4) is 0 Å². The van der Waals surface area contributed by atoms with E-state index in [0.717, 1.165) is 0 Å². The van der Waals surface area contributed by atoms with Crippen LogP contribution in [0.1, 0.15) is 12.5 Å². The van der Waals surface area contributed by atoms with Crippen molar-refractivity contribution in [1.82, 2.24) is 39.0 Å². The highest BCUT2D eigenvalue weighted by Gasteiger charge is 2.47. The van der Waals surface area contributed by atoms with Crippen molar-refractivity contribution < 1.29 is 48.1 Å². The molecule has 10 atom stereocenters. The molecule has 6 N–H and O–H groups in total. The van der Waals surface area contributed by atoms with Crippen LogP contribution in [0.5, 0.6) is 0 Å². The zero-order valence-electron chi connectivity index (χ0n) is 24.6. The number of fused-ring (bicyclic) bond motifs is 2. The van der Waals surface area contributed by atoms with Crippen molar-refractivity contribution in [2.75, 3.05) is 36.9 Å². The van der Waals surface area contributed by atoms with E-state index < -0.39 is 76.8 Å². The smallest absolute Gasteiger partial charge is 0.243 e. The monoisotopic (exact) mass is 746 g/mol. The van der Waals surface area contributed by atoms with Gasteiger partial charge in [0.2, 0.25) is 14.5 Å². The van der Waals surface area contributed by atoms with Gasteiger partial charge >= 0.3 is 0 Å². The summed E-state index contributed by atoms with van der Waals surface area (Å²) in [7, 11) is -5.45. The number of imidazole rings is 2. The zero-order valence-corrected chi connectivity index (χ0v) is 28.4. The van der Waals surface area contributed by atoms with Gasteiger partial charge in [-0.2, -0.15) is 0 Å². The van der Waals surface area contributed by atoms with Gasteiger partial charge in [0.1, 0.15) is 49.3 Å². The Hall–Kier alpha value is -2.72. The first kappa shape index (κ1) is 35.1. The van der Waals surface area contributed by atoms with Crippen molar-refractivity contribution in [3.05, 3.63) is 37.5 Å². The molecule has 48 heavy (non-hydrogen) atoms. The Labute approximate surface area is 283 Å². The second-order valence-corrected chi connectivity index (χ2v) is 14.2. The normalized spacial score (nSPS) is 28.9. The number of anilines is 2. The average molecular weight is 747 g/mol. The number of nitrogens with zero attached hydrogens (tertiary/aromatic N) is 8.